The van der Waals surface area contributed by atoms with E-state index in [0.717, 1.165) is 5.56 Å². The minimum atomic E-state index is -0.866. The molecule has 8 heteroatoms. The van der Waals surface area contributed by atoms with E-state index in [0.29, 0.717) is 5.56 Å². The first-order chi connectivity index (χ1) is 12.9. The van der Waals surface area contributed by atoms with Crippen LogP contribution in [0.1, 0.15) is 43.6 Å². The Morgan fingerprint density at radius 3 is 2.21 bits per heavy atom. The molecule has 0 radical (unpaired) electrons. The Morgan fingerprint density at radius 1 is 1.18 bits per heavy atom. The number of benzene rings is 1. The van der Waals surface area contributed by atoms with Gasteiger partial charge < -0.3 is 19.9 Å². The molecule has 156 valence electrons. The summed E-state index contributed by atoms with van der Waals surface area (Å²) in [6, 6.07) is 5.78. The molecule has 2 amide bonds. The summed E-state index contributed by atoms with van der Waals surface area (Å²) in [4.78, 5) is 37.7. The monoisotopic (exact) mass is 394 g/mol. The van der Waals surface area contributed by atoms with Crippen LogP contribution in [-0.2, 0) is 20.7 Å². The number of carbonyl (C=O) groups is 3. The van der Waals surface area contributed by atoms with Gasteiger partial charge >= 0.3 is 12.1 Å². The Morgan fingerprint density at radius 2 is 1.75 bits per heavy atom. The SMILES string of the molecule is COC(=O)C(Cc1ccc(C(=O)NCC(C)O)cc1)N(C)C(=O)OC(C)(C)C. The van der Waals surface area contributed by atoms with Crippen molar-refractivity contribution in [2.75, 3.05) is 20.7 Å². The van der Waals surface area contributed by atoms with Gasteiger partial charge in [-0.25, -0.2) is 9.59 Å². The fourth-order valence-electron chi connectivity index (χ4n) is 2.33. The van der Waals surface area contributed by atoms with Crippen LogP contribution in [-0.4, -0.2) is 66.4 Å². The lowest BCUT2D eigenvalue weighted by molar-refractivity contribution is -0.146. The molecular formula is C20H30N2O6. The maximum absolute atomic E-state index is 12.3. The van der Waals surface area contributed by atoms with Crippen molar-refractivity contribution < 1.29 is 29.0 Å². The van der Waals surface area contributed by atoms with Gasteiger partial charge in [0.1, 0.15) is 11.6 Å². The van der Waals surface area contributed by atoms with Crippen molar-refractivity contribution in [2.24, 2.45) is 0 Å². The van der Waals surface area contributed by atoms with Gasteiger partial charge in [-0.1, -0.05) is 12.1 Å². The van der Waals surface area contributed by atoms with E-state index >= 15 is 0 Å². The van der Waals surface area contributed by atoms with Gasteiger partial charge in [-0.2, -0.15) is 0 Å². The molecule has 0 fully saturated rings. The second-order valence-electron chi connectivity index (χ2n) is 7.59. The first-order valence-electron chi connectivity index (χ1n) is 9.03. The number of aliphatic hydroxyl groups excluding tert-OH is 1. The van der Waals surface area contributed by atoms with E-state index < -0.39 is 29.8 Å². The van der Waals surface area contributed by atoms with Crippen LogP contribution < -0.4 is 5.32 Å². The van der Waals surface area contributed by atoms with Gasteiger partial charge in [0.2, 0.25) is 0 Å². The van der Waals surface area contributed by atoms with Crippen molar-refractivity contribution in [3.05, 3.63) is 35.4 Å². The summed E-state index contributed by atoms with van der Waals surface area (Å²) in [5, 5.41) is 11.8. The Labute approximate surface area is 165 Å². The van der Waals surface area contributed by atoms with Crippen LogP contribution in [0, 0.1) is 0 Å². The summed E-state index contributed by atoms with van der Waals surface area (Å²) in [6.45, 7) is 6.97. The van der Waals surface area contributed by atoms with E-state index in [1.165, 1.54) is 19.1 Å². The van der Waals surface area contributed by atoms with Gasteiger partial charge in [0.05, 0.1) is 13.2 Å². The van der Waals surface area contributed by atoms with Gasteiger partial charge in [0.15, 0.2) is 0 Å². The highest BCUT2D eigenvalue weighted by molar-refractivity contribution is 5.94. The molecule has 28 heavy (non-hydrogen) atoms. The van der Waals surface area contributed by atoms with Gasteiger partial charge in [-0.05, 0) is 45.4 Å². The summed E-state index contributed by atoms with van der Waals surface area (Å²) < 4.78 is 10.1. The Bertz CT molecular complexity index is 679. The molecule has 0 spiro atoms. The van der Waals surface area contributed by atoms with Gasteiger partial charge in [-0.15, -0.1) is 0 Å². The van der Waals surface area contributed by atoms with Crippen LogP contribution in [0.25, 0.3) is 0 Å². The Kier molecular flexibility index (Phi) is 8.43. The number of ether oxygens (including phenoxy) is 2. The summed E-state index contributed by atoms with van der Waals surface area (Å²) in [5.74, 6) is -0.866. The molecule has 0 aliphatic carbocycles. The molecule has 0 aliphatic heterocycles. The zero-order valence-electron chi connectivity index (χ0n) is 17.3. The lowest BCUT2D eigenvalue weighted by Gasteiger charge is -2.29. The van der Waals surface area contributed by atoms with Crippen molar-refractivity contribution in [1.82, 2.24) is 10.2 Å². The molecule has 2 N–H and O–H groups in total. The molecule has 1 rings (SSSR count). The summed E-state index contributed by atoms with van der Waals surface area (Å²) >= 11 is 0. The fourth-order valence-corrected chi connectivity index (χ4v) is 2.33. The smallest absolute Gasteiger partial charge is 0.410 e. The average molecular weight is 394 g/mol. The quantitative estimate of drug-likeness (QED) is 0.683. The third kappa shape index (κ3) is 7.56. The van der Waals surface area contributed by atoms with E-state index in [9.17, 15) is 19.5 Å². The molecule has 0 heterocycles. The highest BCUT2D eigenvalue weighted by Gasteiger charge is 2.31. The minimum Gasteiger partial charge on any atom is -0.467 e. The third-order valence-corrected chi connectivity index (χ3v) is 3.83. The van der Waals surface area contributed by atoms with Crippen LogP contribution in [0.3, 0.4) is 0 Å². The zero-order chi connectivity index (χ0) is 21.5. The molecule has 1 aromatic rings. The number of methoxy groups -OCH3 is 1. The summed E-state index contributed by atoms with van der Waals surface area (Å²) in [6.07, 6.45) is -1.05. The fraction of sp³-hybridized carbons (Fsp3) is 0.550. The number of aliphatic hydroxyl groups is 1. The molecule has 2 atom stereocenters. The van der Waals surface area contributed by atoms with E-state index in [4.69, 9.17) is 9.47 Å². The number of nitrogens with one attached hydrogen (secondary N) is 1. The molecule has 0 aliphatic rings. The lowest BCUT2D eigenvalue weighted by Crippen LogP contribution is -2.46. The van der Waals surface area contributed by atoms with Gasteiger partial charge in [-0.3, -0.25) is 9.69 Å². The number of carbonyl (C=O) groups excluding carboxylic acids is 3. The van der Waals surface area contributed by atoms with Crippen molar-refractivity contribution in [1.29, 1.82) is 0 Å². The van der Waals surface area contributed by atoms with E-state index in [1.807, 2.05) is 0 Å². The normalized spacial score (nSPS) is 13.2. The average Bonchev–Trinajstić information content (AvgIpc) is 2.62. The van der Waals surface area contributed by atoms with Crippen LogP contribution in [0.4, 0.5) is 4.79 Å². The van der Waals surface area contributed by atoms with Crippen molar-refractivity contribution in [3.8, 4) is 0 Å². The highest BCUT2D eigenvalue weighted by atomic mass is 16.6. The zero-order valence-corrected chi connectivity index (χ0v) is 17.3. The topological polar surface area (TPSA) is 105 Å². The molecule has 0 bridgehead atoms. The molecule has 1 aromatic carbocycles. The Hall–Kier alpha value is -2.61. The number of amides is 2. The molecule has 0 aromatic heterocycles. The second-order valence-corrected chi connectivity index (χ2v) is 7.59. The number of likely N-dealkylation sites (N-methyl/N-ethyl adjacent to an activating group) is 1. The van der Waals surface area contributed by atoms with Crippen LogP contribution in [0.5, 0.6) is 0 Å². The van der Waals surface area contributed by atoms with Crippen molar-refractivity contribution in [3.63, 3.8) is 0 Å². The largest absolute Gasteiger partial charge is 0.467 e. The number of hydrogen-bond acceptors (Lipinski definition) is 6. The van der Waals surface area contributed by atoms with Crippen LogP contribution >= 0.6 is 0 Å². The minimum absolute atomic E-state index is 0.158. The Balaban J connectivity index is 2.88. The molecule has 0 saturated heterocycles. The molecular weight excluding hydrogens is 364 g/mol. The van der Waals surface area contributed by atoms with Crippen molar-refractivity contribution >= 4 is 18.0 Å². The van der Waals surface area contributed by atoms with Crippen LogP contribution in [0.2, 0.25) is 0 Å². The van der Waals surface area contributed by atoms with Crippen LogP contribution in [0.15, 0.2) is 24.3 Å². The number of rotatable bonds is 7. The number of hydrogen-bond donors (Lipinski definition) is 2. The first-order valence-corrected chi connectivity index (χ1v) is 9.03. The number of esters is 1. The standard InChI is InChI=1S/C20H30N2O6/c1-13(23)12-21-17(24)15-9-7-14(8-10-15)11-16(18(25)27-6)22(5)19(26)28-20(2,3)4/h7-10,13,16,23H,11-12H2,1-6H3,(H,21,24). The summed E-state index contributed by atoms with van der Waals surface area (Å²) in [5.41, 5.74) is 0.491. The second kappa shape index (κ2) is 10.1. The molecule has 2 unspecified atom stereocenters. The van der Waals surface area contributed by atoms with Gasteiger partial charge in [0, 0.05) is 25.6 Å². The third-order valence-electron chi connectivity index (χ3n) is 3.83. The van der Waals surface area contributed by atoms with E-state index in [2.05, 4.69) is 5.32 Å². The van der Waals surface area contributed by atoms with E-state index in [1.54, 1.807) is 52.0 Å². The first kappa shape index (κ1) is 23.4. The molecule has 8 nitrogen and oxygen atoms in total. The maximum atomic E-state index is 12.3. The predicted octanol–water partition coefficient (Wildman–Crippen LogP) is 1.75. The maximum Gasteiger partial charge on any atom is 0.410 e. The predicted molar refractivity (Wildman–Crippen MR) is 104 cm³/mol. The highest BCUT2D eigenvalue weighted by Crippen LogP contribution is 2.15. The van der Waals surface area contributed by atoms with Crippen molar-refractivity contribution in [2.45, 2.75) is 51.9 Å². The molecule has 0 saturated carbocycles. The lowest BCUT2D eigenvalue weighted by atomic mass is 10.0. The number of nitrogens with zero attached hydrogens (tertiary/aromatic N) is 1. The van der Waals surface area contributed by atoms with Gasteiger partial charge in [0.25, 0.3) is 5.91 Å². The van der Waals surface area contributed by atoms with E-state index in [-0.39, 0.29) is 18.9 Å². The summed E-state index contributed by atoms with van der Waals surface area (Å²) in [7, 11) is 2.74.